The van der Waals surface area contributed by atoms with Gasteiger partial charge in [0.05, 0.1) is 11.0 Å². The number of nitrogens with one attached hydrogen (secondary N) is 1. The summed E-state index contributed by atoms with van der Waals surface area (Å²) in [6.07, 6.45) is 1.94. The van der Waals surface area contributed by atoms with Crippen LogP contribution in [0.4, 0.5) is 11.4 Å². The molecular formula is C16H15ClN2O2. The molecule has 0 fully saturated rings. The molecule has 0 radical (unpaired) electrons. The van der Waals surface area contributed by atoms with Crippen molar-refractivity contribution in [3.8, 4) is 0 Å². The third-order valence-corrected chi connectivity index (χ3v) is 4.10. The number of aryl methyl sites for hydroxylation is 2. The van der Waals surface area contributed by atoms with Gasteiger partial charge >= 0.3 is 0 Å². The van der Waals surface area contributed by atoms with E-state index in [4.69, 9.17) is 11.6 Å². The van der Waals surface area contributed by atoms with Crippen molar-refractivity contribution >= 4 is 23.0 Å². The van der Waals surface area contributed by atoms with Gasteiger partial charge in [-0.2, -0.15) is 0 Å². The quantitative estimate of drug-likeness (QED) is 0.663. The van der Waals surface area contributed by atoms with Crippen LogP contribution in [0.5, 0.6) is 0 Å². The van der Waals surface area contributed by atoms with Crippen molar-refractivity contribution in [3.63, 3.8) is 0 Å². The average Bonchev–Trinajstić information content (AvgIpc) is 2.83. The molecule has 0 saturated heterocycles. The second kappa shape index (κ2) is 5.37. The maximum absolute atomic E-state index is 11.2. The van der Waals surface area contributed by atoms with Gasteiger partial charge in [-0.25, -0.2) is 0 Å². The lowest BCUT2D eigenvalue weighted by molar-refractivity contribution is -0.384. The molecule has 0 saturated carbocycles. The number of hydrogen-bond donors (Lipinski definition) is 1. The van der Waals surface area contributed by atoms with Crippen molar-refractivity contribution in [2.24, 2.45) is 0 Å². The summed E-state index contributed by atoms with van der Waals surface area (Å²) in [6.45, 7) is 2.06. The third-order valence-electron chi connectivity index (χ3n) is 3.87. The SMILES string of the molecule is Cc1ccc2c(c1)C(Nc1ccc(Cl)cc1[N+](=O)[O-])CC2. The van der Waals surface area contributed by atoms with Gasteiger partial charge in [0.15, 0.2) is 0 Å². The highest BCUT2D eigenvalue weighted by Crippen LogP contribution is 2.37. The highest BCUT2D eigenvalue weighted by atomic mass is 35.5. The van der Waals surface area contributed by atoms with Crippen LogP contribution in [0.3, 0.4) is 0 Å². The van der Waals surface area contributed by atoms with Crippen molar-refractivity contribution in [1.29, 1.82) is 0 Å². The fourth-order valence-electron chi connectivity index (χ4n) is 2.84. The van der Waals surface area contributed by atoms with E-state index in [1.165, 1.54) is 22.8 Å². The maximum atomic E-state index is 11.2. The zero-order valence-electron chi connectivity index (χ0n) is 11.6. The molecule has 1 N–H and O–H groups in total. The van der Waals surface area contributed by atoms with Crippen molar-refractivity contribution in [3.05, 3.63) is 68.2 Å². The largest absolute Gasteiger partial charge is 0.373 e. The summed E-state index contributed by atoms with van der Waals surface area (Å²) in [6, 6.07) is 11.2. The Kier molecular flexibility index (Phi) is 3.55. The van der Waals surface area contributed by atoms with E-state index in [0.29, 0.717) is 10.7 Å². The molecular weight excluding hydrogens is 288 g/mol. The van der Waals surface area contributed by atoms with E-state index in [1.807, 2.05) is 0 Å². The highest BCUT2D eigenvalue weighted by molar-refractivity contribution is 6.30. The van der Waals surface area contributed by atoms with E-state index in [2.05, 4.69) is 30.4 Å². The van der Waals surface area contributed by atoms with Crippen LogP contribution in [0.2, 0.25) is 5.02 Å². The molecule has 0 amide bonds. The number of benzene rings is 2. The topological polar surface area (TPSA) is 55.2 Å². The summed E-state index contributed by atoms with van der Waals surface area (Å²) >= 11 is 5.85. The van der Waals surface area contributed by atoms with Crippen molar-refractivity contribution in [2.75, 3.05) is 5.32 Å². The van der Waals surface area contributed by atoms with Gasteiger partial charge in [-0.3, -0.25) is 10.1 Å². The highest BCUT2D eigenvalue weighted by Gasteiger charge is 2.25. The van der Waals surface area contributed by atoms with Crippen LogP contribution in [-0.2, 0) is 6.42 Å². The Balaban J connectivity index is 1.93. The number of fused-ring (bicyclic) bond motifs is 1. The van der Waals surface area contributed by atoms with Crippen LogP contribution in [-0.4, -0.2) is 4.92 Å². The Hall–Kier alpha value is -2.07. The fourth-order valence-corrected chi connectivity index (χ4v) is 3.00. The summed E-state index contributed by atoms with van der Waals surface area (Å²) in [5.41, 5.74) is 4.29. The van der Waals surface area contributed by atoms with Crippen molar-refractivity contribution < 1.29 is 4.92 Å². The van der Waals surface area contributed by atoms with Gasteiger partial charge in [0.25, 0.3) is 5.69 Å². The molecule has 2 aromatic carbocycles. The maximum Gasteiger partial charge on any atom is 0.293 e. The summed E-state index contributed by atoms with van der Waals surface area (Å²) in [5, 5.41) is 14.8. The Morgan fingerprint density at radius 2 is 2.10 bits per heavy atom. The summed E-state index contributed by atoms with van der Waals surface area (Å²) in [5.74, 6) is 0. The minimum atomic E-state index is -0.402. The molecule has 5 heteroatoms. The molecule has 0 heterocycles. The van der Waals surface area contributed by atoms with Crippen LogP contribution in [0.25, 0.3) is 0 Å². The fraction of sp³-hybridized carbons (Fsp3) is 0.250. The summed E-state index contributed by atoms with van der Waals surface area (Å²) < 4.78 is 0. The molecule has 0 aliphatic heterocycles. The molecule has 1 aliphatic carbocycles. The Morgan fingerprint density at radius 3 is 2.86 bits per heavy atom. The number of nitro benzene ring substituents is 1. The van der Waals surface area contributed by atoms with Crippen LogP contribution in [0.1, 0.15) is 29.2 Å². The standard InChI is InChI=1S/C16H15ClN2O2/c1-10-2-3-11-4-6-14(13(11)8-10)18-15-7-5-12(17)9-16(15)19(20)21/h2-3,5,7-9,14,18H,4,6H2,1H3. The normalized spacial score (nSPS) is 16.6. The molecule has 1 unspecified atom stereocenters. The van der Waals surface area contributed by atoms with Gasteiger partial charge in [-0.15, -0.1) is 0 Å². The third kappa shape index (κ3) is 2.72. The monoisotopic (exact) mass is 302 g/mol. The lowest BCUT2D eigenvalue weighted by Gasteiger charge is -2.16. The van der Waals surface area contributed by atoms with E-state index >= 15 is 0 Å². The van der Waals surface area contributed by atoms with E-state index < -0.39 is 4.92 Å². The van der Waals surface area contributed by atoms with Gasteiger partial charge in [-0.05, 0) is 43.0 Å². The van der Waals surface area contributed by atoms with Gasteiger partial charge in [-0.1, -0.05) is 35.4 Å². The molecule has 1 aliphatic rings. The Bertz CT molecular complexity index is 715. The number of hydrogen-bond acceptors (Lipinski definition) is 3. The van der Waals surface area contributed by atoms with Crippen LogP contribution in [0, 0.1) is 17.0 Å². The van der Waals surface area contributed by atoms with Crippen molar-refractivity contribution in [1.82, 2.24) is 0 Å². The summed E-state index contributed by atoms with van der Waals surface area (Å²) in [7, 11) is 0. The van der Waals surface area contributed by atoms with Gasteiger partial charge in [0, 0.05) is 11.1 Å². The van der Waals surface area contributed by atoms with Crippen LogP contribution in [0.15, 0.2) is 36.4 Å². The lowest BCUT2D eigenvalue weighted by Crippen LogP contribution is -2.09. The first kappa shape index (κ1) is 13.9. The second-order valence-corrected chi connectivity index (χ2v) is 5.79. The van der Waals surface area contributed by atoms with Crippen LogP contribution < -0.4 is 5.32 Å². The number of rotatable bonds is 3. The van der Waals surface area contributed by atoms with Gasteiger partial charge in [0.1, 0.15) is 5.69 Å². The average molecular weight is 303 g/mol. The van der Waals surface area contributed by atoms with E-state index in [-0.39, 0.29) is 11.7 Å². The summed E-state index contributed by atoms with van der Waals surface area (Å²) in [4.78, 5) is 10.8. The number of nitro groups is 1. The first-order chi connectivity index (χ1) is 10.0. The molecule has 1 atom stereocenters. The van der Waals surface area contributed by atoms with Crippen molar-refractivity contribution in [2.45, 2.75) is 25.8 Å². The first-order valence-electron chi connectivity index (χ1n) is 6.84. The second-order valence-electron chi connectivity index (χ2n) is 5.36. The number of halogens is 1. The molecule has 0 bridgehead atoms. The molecule has 21 heavy (non-hydrogen) atoms. The number of nitrogens with zero attached hydrogens (tertiary/aromatic N) is 1. The Morgan fingerprint density at radius 1 is 1.29 bits per heavy atom. The molecule has 0 spiro atoms. The van der Waals surface area contributed by atoms with E-state index in [1.54, 1.807) is 12.1 Å². The molecule has 108 valence electrons. The number of anilines is 1. The molecule has 3 rings (SSSR count). The predicted molar refractivity (Wildman–Crippen MR) is 84.0 cm³/mol. The lowest BCUT2D eigenvalue weighted by atomic mass is 10.0. The van der Waals surface area contributed by atoms with E-state index in [0.717, 1.165) is 12.8 Å². The predicted octanol–water partition coefficient (Wildman–Crippen LogP) is 4.66. The minimum absolute atomic E-state index is 0.0172. The molecule has 4 nitrogen and oxygen atoms in total. The minimum Gasteiger partial charge on any atom is -0.373 e. The van der Waals surface area contributed by atoms with Gasteiger partial charge in [0.2, 0.25) is 0 Å². The van der Waals surface area contributed by atoms with Crippen LogP contribution >= 0.6 is 11.6 Å². The van der Waals surface area contributed by atoms with Gasteiger partial charge < -0.3 is 5.32 Å². The zero-order chi connectivity index (χ0) is 15.0. The first-order valence-corrected chi connectivity index (χ1v) is 7.22. The van der Waals surface area contributed by atoms with E-state index in [9.17, 15) is 10.1 Å². The molecule has 2 aromatic rings. The molecule has 0 aromatic heterocycles. The Labute approximate surface area is 127 Å². The smallest absolute Gasteiger partial charge is 0.293 e. The zero-order valence-corrected chi connectivity index (χ0v) is 12.4.